The quantitative estimate of drug-likeness (QED) is 0.257. The van der Waals surface area contributed by atoms with Gasteiger partial charge in [-0.05, 0) is 94.4 Å². The van der Waals surface area contributed by atoms with E-state index in [2.05, 4.69) is 58.8 Å². The van der Waals surface area contributed by atoms with Crippen LogP contribution < -0.4 is 31.1 Å². The molecule has 3 rings (SSSR count). The zero-order valence-electron chi connectivity index (χ0n) is 21.5. The highest BCUT2D eigenvalue weighted by atomic mass is 16.2. The van der Waals surface area contributed by atoms with Crippen molar-refractivity contribution in [2.45, 2.75) is 27.7 Å². The van der Waals surface area contributed by atoms with Crippen LogP contribution in [-0.2, 0) is 0 Å². The third-order valence-electron chi connectivity index (χ3n) is 5.89. The molecule has 0 aromatic heterocycles. The van der Waals surface area contributed by atoms with Gasteiger partial charge in [0, 0.05) is 60.3 Å². The predicted octanol–water partition coefficient (Wildman–Crippen LogP) is 6.67. The van der Waals surface area contributed by atoms with E-state index in [4.69, 9.17) is 0 Å². The number of urea groups is 2. The van der Waals surface area contributed by atoms with Crippen LogP contribution in [0, 0.1) is 0 Å². The van der Waals surface area contributed by atoms with Gasteiger partial charge in [-0.15, -0.1) is 0 Å². The van der Waals surface area contributed by atoms with Gasteiger partial charge in [0.05, 0.1) is 0 Å². The van der Waals surface area contributed by atoms with Crippen molar-refractivity contribution < 1.29 is 9.59 Å². The molecule has 0 atom stereocenters. The number of nitrogens with zero attached hydrogens (tertiary/aromatic N) is 2. The van der Waals surface area contributed by atoms with E-state index < -0.39 is 0 Å². The lowest BCUT2D eigenvalue weighted by Gasteiger charge is -2.21. The second kappa shape index (κ2) is 13.0. The van der Waals surface area contributed by atoms with E-state index in [1.165, 1.54) is 0 Å². The molecule has 8 heteroatoms. The van der Waals surface area contributed by atoms with E-state index in [1.54, 1.807) is 24.3 Å². The molecule has 4 N–H and O–H groups in total. The van der Waals surface area contributed by atoms with Crippen LogP contribution in [0.4, 0.5) is 43.7 Å². The number of benzene rings is 3. The van der Waals surface area contributed by atoms with Crippen molar-refractivity contribution in [1.82, 2.24) is 0 Å². The molecule has 0 saturated carbocycles. The van der Waals surface area contributed by atoms with Gasteiger partial charge in [-0.3, -0.25) is 0 Å². The van der Waals surface area contributed by atoms with Gasteiger partial charge in [-0.25, -0.2) is 9.59 Å². The molecule has 0 aliphatic heterocycles. The molecule has 0 radical (unpaired) electrons. The van der Waals surface area contributed by atoms with Crippen molar-refractivity contribution in [2.75, 3.05) is 57.2 Å². The lowest BCUT2D eigenvalue weighted by molar-refractivity contribution is 0.261. The SMILES string of the molecule is CCN(CC)c1ccc(NC(=O)Nc2cccc(NC(=O)Nc3ccc(N(CC)CC)cc3)c2)cc1. The standard InChI is InChI=1S/C28H36N6O2/c1-5-33(6-2)25-16-12-21(13-17-25)29-27(35)31-23-10-9-11-24(20-23)32-28(36)30-22-14-18-26(19-15-22)34(7-3)8-4/h9-20H,5-8H2,1-4H3,(H2,29,31,35)(H2,30,32,36). The Balaban J connectivity index is 1.53. The van der Waals surface area contributed by atoms with E-state index in [0.29, 0.717) is 22.7 Å². The second-order valence-corrected chi connectivity index (χ2v) is 8.18. The molecular weight excluding hydrogens is 452 g/mol. The summed E-state index contributed by atoms with van der Waals surface area (Å²) in [6, 6.07) is 21.7. The number of anilines is 6. The molecule has 36 heavy (non-hydrogen) atoms. The van der Waals surface area contributed by atoms with Gasteiger partial charge in [0.25, 0.3) is 0 Å². The number of hydrogen-bond donors (Lipinski definition) is 4. The predicted molar refractivity (Wildman–Crippen MR) is 152 cm³/mol. The molecule has 0 aliphatic rings. The number of nitrogens with one attached hydrogen (secondary N) is 4. The van der Waals surface area contributed by atoms with E-state index >= 15 is 0 Å². The topological polar surface area (TPSA) is 88.7 Å². The Labute approximate surface area is 213 Å². The fourth-order valence-corrected chi connectivity index (χ4v) is 3.95. The van der Waals surface area contributed by atoms with Crippen molar-refractivity contribution in [3.63, 3.8) is 0 Å². The molecule has 0 saturated heterocycles. The van der Waals surface area contributed by atoms with Crippen molar-refractivity contribution in [3.05, 3.63) is 72.8 Å². The third kappa shape index (κ3) is 7.40. The maximum atomic E-state index is 12.5. The molecule has 3 aromatic rings. The van der Waals surface area contributed by atoms with Gasteiger partial charge in [0.1, 0.15) is 0 Å². The molecule has 0 fully saturated rings. The van der Waals surface area contributed by atoms with Crippen LogP contribution >= 0.6 is 0 Å². The van der Waals surface area contributed by atoms with Gasteiger partial charge >= 0.3 is 12.1 Å². The Morgan fingerprint density at radius 1 is 0.528 bits per heavy atom. The highest BCUT2D eigenvalue weighted by Gasteiger charge is 2.08. The molecular formula is C28H36N6O2. The zero-order chi connectivity index (χ0) is 25.9. The Morgan fingerprint density at radius 3 is 1.19 bits per heavy atom. The van der Waals surface area contributed by atoms with Gasteiger partial charge in [0.15, 0.2) is 0 Å². The van der Waals surface area contributed by atoms with Crippen molar-refractivity contribution in [1.29, 1.82) is 0 Å². The third-order valence-corrected chi connectivity index (χ3v) is 5.89. The number of carbonyl (C=O) groups is 2. The Bertz CT molecular complexity index is 1040. The summed E-state index contributed by atoms with van der Waals surface area (Å²) in [5, 5.41) is 11.3. The summed E-state index contributed by atoms with van der Waals surface area (Å²) in [6.07, 6.45) is 0. The first-order valence-corrected chi connectivity index (χ1v) is 12.4. The van der Waals surface area contributed by atoms with E-state index in [9.17, 15) is 9.59 Å². The largest absolute Gasteiger partial charge is 0.372 e. The first kappa shape index (κ1) is 26.4. The lowest BCUT2D eigenvalue weighted by atomic mass is 10.2. The smallest absolute Gasteiger partial charge is 0.323 e. The van der Waals surface area contributed by atoms with Crippen LogP contribution in [0.3, 0.4) is 0 Å². The average molecular weight is 489 g/mol. The normalized spacial score (nSPS) is 10.3. The molecule has 190 valence electrons. The molecule has 0 unspecified atom stereocenters. The highest BCUT2D eigenvalue weighted by Crippen LogP contribution is 2.20. The monoisotopic (exact) mass is 488 g/mol. The van der Waals surface area contributed by atoms with Gasteiger partial charge in [-0.1, -0.05) is 6.07 Å². The fraction of sp³-hybridized carbons (Fsp3) is 0.286. The number of carbonyl (C=O) groups excluding carboxylic acids is 2. The van der Waals surface area contributed by atoms with E-state index in [0.717, 1.165) is 37.6 Å². The van der Waals surface area contributed by atoms with E-state index in [-0.39, 0.29) is 12.1 Å². The van der Waals surface area contributed by atoms with Crippen LogP contribution in [0.5, 0.6) is 0 Å². The lowest BCUT2D eigenvalue weighted by Crippen LogP contribution is -2.22. The summed E-state index contributed by atoms with van der Waals surface area (Å²) in [7, 11) is 0. The summed E-state index contributed by atoms with van der Waals surface area (Å²) < 4.78 is 0. The second-order valence-electron chi connectivity index (χ2n) is 8.18. The van der Waals surface area contributed by atoms with Crippen molar-refractivity contribution >= 4 is 46.2 Å². The summed E-state index contributed by atoms with van der Waals surface area (Å²) in [5.41, 5.74) is 4.75. The van der Waals surface area contributed by atoms with Crippen LogP contribution in [0.1, 0.15) is 27.7 Å². The molecule has 8 nitrogen and oxygen atoms in total. The molecule has 0 aliphatic carbocycles. The van der Waals surface area contributed by atoms with Gasteiger partial charge in [-0.2, -0.15) is 0 Å². The molecule has 4 amide bonds. The molecule has 0 spiro atoms. The Hall–Kier alpha value is -4.20. The zero-order valence-corrected chi connectivity index (χ0v) is 21.5. The summed E-state index contributed by atoms with van der Waals surface area (Å²) in [5.74, 6) is 0. The van der Waals surface area contributed by atoms with Crippen LogP contribution in [0.2, 0.25) is 0 Å². The summed E-state index contributed by atoms with van der Waals surface area (Å²) in [4.78, 5) is 29.4. The Kier molecular flexibility index (Phi) is 9.56. The van der Waals surface area contributed by atoms with Crippen molar-refractivity contribution in [3.8, 4) is 0 Å². The highest BCUT2D eigenvalue weighted by molar-refractivity contribution is 6.02. The summed E-state index contributed by atoms with van der Waals surface area (Å²) >= 11 is 0. The molecule has 0 heterocycles. The first-order valence-electron chi connectivity index (χ1n) is 12.4. The van der Waals surface area contributed by atoms with Crippen molar-refractivity contribution in [2.24, 2.45) is 0 Å². The van der Waals surface area contributed by atoms with Crippen LogP contribution in [-0.4, -0.2) is 38.2 Å². The maximum Gasteiger partial charge on any atom is 0.323 e. The average Bonchev–Trinajstić information content (AvgIpc) is 2.87. The number of amides is 4. The van der Waals surface area contributed by atoms with E-state index in [1.807, 2.05) is 48.5 Å². The minimum absolute atomic E-state index is 0.361. The summed E-state index contributed by atoms with van der Waals surface area (Å²) in [6.45, 7) is 12.1. The molecule has 0 bridgehead atoms. The number of hydrogen-bond acceptors (Lipinski definition) is 4. The fourth-order valence-electron chi connectivity index (χ4n) is 3.95. The minimum atomic E-state index is -0.361. The van der Waals surface area contributed by atoms with Crippen LogP contribution in [0.15, 0.2) is 72.8 Å². The van der Waals surface area contributed by atoms with Crippen LogP contribution in [0.25, 0.3) is 0 Å². The van der Waals surface area contributed by atoms with Gasteiger partial charge in [0.2, 0.25) is 0 Å². The number of rotatable bonds is 10. The maximum absolute atomic E-state index is 12.5. The first-order chi connectivity index (χ1) is 17.4. The molecule has 3 aromatic carbocycles. The Morgan fingerprint density at radius 2 is 0.861 bits per heavy atom. The minimum Gasteiger partial charge on any atom is -0.372 e. The van der Waals surface area contributed by atoms with Gasteiger partial charge < -0.3 is 31.1 Å².